The van der Waals surface area contributed by atoms with Crippen LogP contribution >= 0.6 is 0 Å². The molecule has 0 saturated carbocycles. The van der Waals surface area contributed by atoms with Gasteiger partial charge >= 0.3 is 0 Å². The van der Waals surface area contributed by atoms with Gasteiger partial charge in [-0.05, 0) is 49.4 Å². The highest BCUT2D eigenvalue weighted by Gasteiger charge is 2.11. The molecule has 0 atom stereocenters. The minimum absolute atomic E-state index is 0. The zero-order valence-electron chi connectivity index (χ0n) is 24.1. The number of para-hydroxylation sites is 2. The molecule has 0 N–H and O–H groups in total. The van der Waals surface area contributed by atoms with E-state index in [1.54, 1.807) is 47.0 Å². The Morgan fingerprint density at radius 1 is 0.689 bits per heavy atom. The van der Waals surface area contributed by atoms with E-state index in [-0.39, 0.29) is 30.8 Å². The minimum atomic E-state index is -0.218. The van der Waals surface area contributed by atoms with Gasteiger partial charge in [0.15, 0.2) is 5.82 Å². The lowest BCUT2D eigenvalue weighted by atomic mass is 10.2. The number of aryl methyl sites for hydroxylation is 2. The number of fused-ring (bicyclic) bond motifs is 2. The smallest absolute Gasteiger partial charge is 0.300 e. The van der Waals surface area contributed by atoms with E-state index in [2.05, 4.69) is 15.2 Å². The average molecular weight is 604 g/mol. The van der Waals surface area contributed by atoms with E-state index in [4.69, 9.17) is 9.47 Å². The van der Waals surface area contributed by atoms with Crippen molar-refractivity contribution in [3.63, 3.8) is 0 Å². The van der Waals surface area contributed by atoms with Crippen molar-refractivity contribution in [2.45, 2.75) is 27.6 Å². The lowest BCUT2D eigenvalue weighted by Gasteiger charge is -2.05. The summed E-state index contributed by atoms with van der Waals surface area (Å²) in [5.74, 6) is 1.98. The van der Waals surface area contributed by atoms with Gasteiger partial charge in [-0.25, -0.2) is 14.0 Å². The highest BCUT2D eigenvalue weighted by atomic mass is 16.5. The largest absolute Gasteiger partial charge is 0.487 e. The highest BCUT2D eigenvalue weighted by molar-refractivity contribution is 5.45. The van der Waals surface area contributed by atoms with Gasteiger partial charge in [0.05, 0.1) is 0 Å². The molecule has 0 amide bonds. The summed E-state index contributed by atoms with van der Waals surface area (Å²) < 4.78 is 17.4. The minimum Gasteiger partial charge on any atom is -0.487 e. The second kappa shape index (κ2) is 13.6. The number of rotatable bonds is 7. The van der Waals surface area contributed by atoms with Gasteiger partial charge in [0.2, 0.25) is 5.65 Å². The summed E-state index contributed by atoms with van der Waals surface area (Å²) in [6, 6.07) is 28.5. The summed E-state index contributed by atoms with van der Waals surface area (Å²) >= 11 is 0. The topological polar surface area (TPSA) is 110 Å². The number of hydrogen-bond donors (Lipinski definition) is 0. The fourth-order valence-corrected chi connectivity index (χ4v) is 4.43. The van der Waals surface area contributed by atoms with Gasteiger partial charge < -0.3 is 14.0 Å². The van der Waals surface area contributed by atoms with Crippen LogP contribution in [0.5, 0.6) is 11.5 Å². The molecular weight excluding hydrogens is 570 g/mol. The maximum absolute atomic E-state index is 12.7. The van der Waals surface area contributed by atoms with Crippen molar-refractivity contribution in [3.05, 3.63) is 154 Å². The van der Waals surface area contributed by atoms with E-state index < -0.39 is 0 Å². The molecule has 3 aromatic carbocycles. The molecule has 7 rings (SSSR count). The van der Waals surface area contributed by atoms with E-state index in [9.17, 15) is 9.59 Å². The van der Waals surface area contributed by atoms with Crippen LogP contribution in [-0.4, -0.2) is 33.3 Å². The third-order valence-electron chi connectivity index (χ3n) is 6.75. The van der Waals surface area contributed by atoms with Crippen LogP contribution in [0.3, 0.4) is 0 Å². The molecule has 0 spiro atoms. The van der Waals surface area contributed by atoms with Crippen molar-refractivity contribution in [2.75, 3.05) is 0 Å². The van der Waals surface area contributed by atoms with Crippen LogP contribution in [0.15, 0.2) is 125 Å². The summed E-state index contributed by atoms with van der Waals surface area (Å²) in [5.41, 5.74) is 3.20. The Bertz CT molecular complexity index is 2130. The van der Waals surface area contributed by atoms with Crippen molar-refractivity contribution in [2.24, 2.45) is 7.05 Å². The van der Waals surface area contributed by atoms with Gasteiger partial charge in [0.1, 0.15) is 35.9 Å². The number of ether oxygens (including phenoxy) is 2. The van der Waals surface area contributed by atoms with E-state index >= 15 is 0 Å². The number of nitrogens with zero attached hydrogens (tertiary/aromatic N) is 7. The molecule has 0 aliphatic carbocycles. The van der Waals surface area contributed by atoms with E-state index in [1.165, 1.54) is 9.08 Å². The normalized spacial score (nSPS) is 10.6. The summed E-state index contributed by atoms with van der Waals surface area (Å²) in [7, 11) is 1.72. The summed E-state index contributed by atoms with van der Waals surface area (Å²) in [5, 5.41) is 8.61. The monoisotopic (exact) mass is 603 g/mol. The molecule has 0 saturated heterocycles. The van der Waals surface area contributed by atoms with Gasteiger partial charge in [0, 0.05) is 37.5 Å². The van der Waals surface area contributed by atoms with Crippen LogP contribution < -0.4 is 20.6 Å². The molecule has 0 aliphatic rings. The molecule has 0 unspecified atom stereocenters. The Balaban J connectivity index is 0.000000180. The Kier molecular flexibility index (Phi) is 9.18. The Labute approximate surface area is 259 Å². The third-order valence-corrected chi connectivity index (χ3v) is 6.75. The molecule has 45 heavy (non-hydrogen) atoms. The van der Waals surface area contributed by atoms with E-state index in [0.29, 0.717) is 17.9 Å². The number of aromatic nitrogens is 7. The molecule has 0 aliphatic heterocycles. The first-order valence-electron chi connectivity index (χ1n) is 13.9. The van der Waals surface area contributed by atoms with Crippen molar-refractivity contribution < 1.29 is 9.47 Å². The zero-order valence-corrected chi connectivity index (χ0v) is 24.1. The predicted molar refractivity (Wildman–Crippen MR) is 172 cm³/mol. The molecule has 7 aromatic rings. The molecule has 228 valence electrons. The molecular formula is C34H33N7O4. The first-order valence-corrected chi connectivity index (χ1v) is 13.9. The Hall–Kier alpha value is -5.97. The summed E-state index contributed by atoms with van der Waals surface area (Å²) in [6.45, 7) is 2.55. The summed E-state index contributed by atoms with van der Waals surface area (Å²) in [6.07, 6.45) is 6.85. The molecule has 0 radical (unpaired) electrons. The molecule has 4 heterocycles. The second-order valence-electron chi connectivity index (χ2n) is 9.99. The number of benzene rings is 3. The fraction of sp³-hybridized carbons (Fsp3) is 0.147. The Morgan fingerprint density at radius 2 is 1.31 bits per heavy atom. The molecule has 0 bridgehead atoms. The molecule has 0 fully saturated rings. The lowest BCUT2D eigenvalue weighted by molar-refractivity contribution is 0.296. The van der Waals surface area contributed by atoms with Crippen molar-refractivity contribution in [1.29, 1.82) is 0 Å². The van der Waals surface area contributed by atoms with Gasteiger partial charge in [-0.15, -0.1) is 5.10 Å². The maximum Gasteiger partial charge on any atom is 0.300 e. The van der Waals surface area contributed by atoms with Crippen LogP contribution in [0.1, 0.15) is 24.5 Å². The molecule has 4 aromatic heterocycles. The maximum atomic E-state index is 12.7. The first kappa shape index (κ1) is 30.5. The lowest BCUT2D eigenvalue weighted by Crippen LogP contribution is -2.20. The standard InChI is InChI=1S/C19H16N4O2.C14H13N3O2.CH4/c1-14-7-9-15(10-8-14)22-11-12-23-18(19(22)24)20-17(21-23)13-25-16-5-3-2-4-6-16;1-16-7-8-17-13(14(16)18)9-11(15-17)10-19-12-5-3-2-4-6-12;/h2-12H,13H2,1H3;2-9H,10H2,1H3;1H4. The average Bonchev–Trinajstić information content (AvgIpc) is 3.68. The van der Waals surface area contributed by atoms with Crippen LogP contribution in [0.25, 0.3) is 16.9 Å². The van der Waals surface area contributed by atoms with Gasteiger partial charge in [-0.1, -0.05) is 61.5 Å². The predicted octanol–water partition coefficient (Wildman–Crippen LogP) is 5.02. The van der Waals surface area contributed by atoms with E-state index in [0.717, 1.165) is 28.4 Å². The molecule has 11 nitrogen and oxygen atoms in total. The van der Waals surface area contributed by atoms with Crippen LogP contribution in [0, 0.1) is 6.92 Å². The Morgan fingerprint density at radius 3 is 1.98 bits per heavy atom. The van der Waals surface area contributed by atoms with Gasteiger partial charge in [-0.3, -0.25) is 14.2 Å². The van der Waals surface area contributed by atoms with Crippen LogP contribution in [-0.2, 0) is 20.3 Å². The number of hydrogen-bond acceptors (Lipinski definition) is 7. The van der Waals surface area contributed by atoms with E-state index in [1.807, 2.05) is 91.9 Å². The third kappa shape index (κ3) is 6.99. The van der Waals surface area contributed by atoms with Crippen molar-refractivity contribution in [1.82, 2.24) is 33.3 Å². The van der Waals surface area contributed by atoms with Crippen molar-refractivity contribution >= 4 is 11.2 Å². The fourth-order valence-electron chi connectivity index (χ4n) is 4.43. The van der Waals surface area contributed by atoms with Gasteiger partial charge in [-0.2, -0.15) is 5.10 Å². The zero-order chi connectivity index (χ0) is 30.5. The quantitative estimate of drug-likeness (QED) is 0.252. The molecule has 11 heteroatoms. The summed E-state index contributed by atoms with van der Waals surface area (Å²) in [4.78, 5) is 28.9. The SMILES string of the molecule is C.Cc1ccc(-n2ccn3nc(COc4ccccc4)nc3c2=O)cc1.Cn1ccn2nc(COc3ccccc3)cc2c1=O. The van der Waals surface area contributed by atoms with Crippen LogP contribution in [0.2, 0.25) is 0 Å². The highest BCUT2D eigenvalue weighted by Crippen LogP contribution is 2.13. The van der Waals surface area contributed by atoms with Crippen LogP contribution in [0.4, 0.5) is 0 Å². The van der Waals surface area contributed by atoms with Gasteiger partial charge in [0.25, 0.3) is 11.1 Å². The van der Waals surface area contributed by atoms with Crippen molar-refractivity contribution in [3.8, 4) is 17.2 Å². The first-order chi connectivity index (χ1) is 21.4. The second-order valence-corrected chi connectivity index (χ2v) is 9.99.